The second-order valence-corrected chi connectivity index (χ2v) is 24.8. The molecule has 0 N–H and O–H groups in total. The first-order valence-corrected chi connectivity index (χ1v) is 29.0. The van der Waals surface area contributed by atoms with Crippen LogP contribution in [0.5, 0.6) is 0 Å². The molecule has 0 unspecified atom stereocenters. The lowest BCUT2D eigenvalue weighted by Crippen LogP contribution is -2.61. The number of hydrogen-bond acceptors (Lipinski definition) is 6. The van der Waals surface area contributed by atoms with Crippen LogP contribution >= 0.6 is 11.3 Å². The molecule has 0 fully saturated rings. The molecule has 81 heavy (non-hydrogen) atoms. The molecule has 2 aliphatic rings. The Morgan fingerprint density at radius 2 is 0.901 bits per heavy atom. The molecule has 2 aliphatic heterocycles. The van der Waals surface area contributed by atoms with Gasteiger partial charge in [0.1, 0.15) is 5.58 Å². The van der Waals surface area contributed by atoms with Gasteiger partial charge in [0, 0.05) is 87.8 Å². The molecule has 11 aromatic carbocycles. The van der Waals surface area contributed by atoms with E-state index in [-0.39, 0.29) is 17.5 Å². The van der Waals surface area contributed by atoms with E-state index < -0.39 is 0 Å². The van der Waals surface area contributed by atoms with E-state index in [9.17, 15) is 0 Å². The van der Waals surface area contributed by atoms with Gasteiger partial charge in [0.15, 0.2) is 5.58 Å². The third kappa shape index (κ3) is 7.89. The number of para-hydroxylation sites is 5. The molecule has 0 saturated carbocycles. The predicted molar refractivity (Wildman–Crippen MR) is 347 cm³/mol. The third-order valence-corrected chi connectivity index (χ3v) is 17.9. The summed E-state index contributed by atoms with van der Waals surface area (Å²) in [5.41, 5.74) is 21.4. The molecule has 13 aromatic rings. The fourth-order valence-corrected chi connectivity index (χ4v) is 14.1. The molecule has 0 amide bonds. The average molecular weight is 1060 g/mol. The van der Waals surface area contributed by atoms with Crippen molar-refractivity contribution in [3.8, 4) is 0 Å². The maximum atomic E-state index is 6.85. The van der Waals surface area contributed by atoms with Crippen molar-refractivity contribution in [2.24, 2.45) is 0 Å². The van der Waals surface area contributed by atoms with Crippen LogP contribution in [-0.2, 0) is 10.8 Å². The van der Waals surface area contributed by atoms with Crippen molar-refractivity contribution in [3.05, 3.63) is 260 Å². The minimum Gasteiger partial charge on any atom is -0.454 e. The van der Waals surface area contributed by atoms with E-state index in [0.717, 1.165) is 78.8 Å². The fourth-order valence-electron chi connectivity index (χ4n) is 12.8. The predicted octanol–water partition coefficient (Wildman–Crippen LogP) is 19.6. The minimum absolute atomic E-state index is 0.0160. The molecule has 4 heterocycles. The molecular weight excluding hydrogens is 1000 g/mol. The lowest BCUT2D eigenvalue weighted by molar-refractivity contribution is 0.590. The first kappa shape index (κ1) is 48.8. The van der Waals surface area contributed by atoms with Gasteiger partial charge in [-0.1, -0.05) is 181 Å². The molecule has 390 valence electrons. The lowest BCUT2D eigenvalue weighted by atomic mass is 9.33. The number of fused-ring (bicyclic) bond motifs is 11. The second-order valence-electron chi connectivity index (χ2n) is 23.7. The fraction of sp³-hybridized carbons (Fsp3) is 0.108. The molecule has 0 spiro atoms. The summed E-state index contributed by atoms with van der Waals surface area (Å²) in [6.45, 7) is 13.6. The summed E-state index contributed by atoms with van der Waals surface area (Å²) < 4.78 is 9.39. The van der Waals surface area contributed by atoms with Crippen molar-refractivity contribution >= 4 is 145 Å². The molecule has 0 aliphatic carbocycles. The molecule has 7 heteroatoms. The van der Waals surface area contributed by atoms with Gasteiger partial charge < -0.3 is 24.0 Å². The van der Waals surface area contributed by atoms with Crippen LogP contribution in [0.2, 0.25) is 0 Å². The first-order chi connectivity index (χ1) is 39.5. The normalized spacial score (nSPS) is 13.0. The van der Waals surface area contributed by atoms with Gasteiger partial charge in [0.25, 0.3) is 6.71 Å². The SMILES string of the molecule is CC(C)(C)c1ccc(N2c3cc(N(c4ccccc4)c4cccc5c4oc4ccccc45)ccc3B3c4c2cccc4N(c2ccc(C(C)(C)C)cc2)c2cc(N(c4ccccc4)c4ccccc4)c4c(sc5ccccc54)c23)cc1. The minimum atomic E-state index is -0.152. The molecule has 0 atom stereocenters. The van der Waals surface area contributed by atoms with E-state index >= 15 is 0 Å². The maximum Gasteiger partial charge on any atom is 0.254 e. The van der Waals surface area contributed by atoms with Crippen LogP contribution in [0.15, 0.2) is 253 Å². The van der Waals surface area contributed by atoms with Gasteiger partial charge in [-0.05, 0) is 148 Å². The van der Waals surface area contributed by atoms with Gasteiger partial charge in [-0.2, -0.15) is 0 Å². The van der Waals surface area contributed by atoms with Crippen LogP contribution in [0.4, 0.5) is 68.2 Å². The van der Waals surface area contributed by atoms with Crippen LogP contribution < -0.4 is 36.0 Å². The zero-order valence-corrected chi connectivity index (χ0v) is 47.2. The first-order valence-electron chi connectivity index (χ1n) is 28.2. The highest BCUT2D eigenvalue weighted by atomic mass is 32.1. The summed E-state index contributed by atoms with van der Waals surface area (Å²) in [6.07, 6.45) is 0. The molecule has 5 nitrogen and oxygen atoms in total. The summed E-state index contributed by atoms with van der Waals surface area (Å²) >= 11 is 1.92. The third-order valence-electron chi connectivity index (χ3n) is 16.7. The van der Waals surface area contributed by atoms with Gasteiger partial charge in [0.2, 0.25) is 0 Å². The largest absolute Gasteiger partial charge is 0.454 e. The quantitative estimate of drug-likeness (QED) is 0.141. The Morgan fingerprint density at radius 3 is 1.49 bits per heavy atom. The van der Waals surface area contributed by atoms with E-state index in [0.29, 0.717) is 0 Å². The average Bonchev–Trinajstić information content (AvgIpc) is 4.32. The summed E-state index contributed by atoms with van der Waals surface area (Å²) in [7, 11) is 0. The number of thiophene rings is 1. The number of anilines is 12. The highest BCUT2D eigenvalue weighted by molar-refractivity contribution is 7.28. The summed E-state index contributed by atoms with van der Waals surface area (Å²) in [6, 6.07) is 91.9. The van der Waals surface area contributed by atoms with Gasteiger partial charge in [-0.3, -0.25) is 0 Å². The Bertz CT molecular complexity index is 4520. The summed E-state index contributed by atoms with van der Waals surface area (Å²) in [4.78, 5) is 9.97. The van der Waals surface area contributed by atoms with Gasteiger partial charge in [-0.25, -0.2) is 0 Å². The lowest BCUT2D eigenvalue weighted by Gasteiger charge is -2.45. The van der Waals surface area contributed by atoms with Crippen LogP contribution in [-0.4, -0.2) is 6.71 Å². The Labute approximate surface area is 478 Å². The zero-order valence-electron chi connectivity index (χ0n) is 46.4. The van der Waals surface area contributed by atoms with E-state index in [2.05, 4.69) is 310 Å². The van der Waals surface area contributed by atoms with Crippen molar-refractivity contribution in [1.29, 1.82) is 0 Å². The summed E-state index contributed by atoms with van der Waals surface area (Å²) in [5.74, 6) is 0. The van der Waals surface area contributed by atoms with E-state index in [1.54, 1.807) is 0 Å². The van der Waals surface area contributed by atoms with E-state index in [4.69, 9.17) is 4.42 Å². The van der Waals surface area contributed by atoms with Crippen molar-refractivity contribution in [1.82, 2.24) is 0 Å². The van der Waals surface area contributed by atoms with E-state index in [1.165, 1.54) is 59.1 Å². The monoisotopic (exact) mass is 1060 g/mol. The zero-order chi connectivity index (χ0) is 54.7. The van der Waals surface area contributed by atoms with Gasteiger partial charge >= 0.3 is 0 Å². The Balaban J connectivity index is 1.05. The number of hydrogen-bond donors (Lipinski definition) is 0. The van der Waals surface area contributed by atoms with Gasteiger partial charge in [0.05, 0.1) is 11.4 Å². The van der Waals surface area contributed by atoms with Crippen molar-refractivity contribution in [2.75, 3.05) is 19.6 Å². The van der Waals surface area contributed by atoms with Crippen LogP contribution in [0.3, 0.4) is 0 Å². The second kappa shape index (κ2) is 18.7. The van der Waals surface area contributed by atoms with Crippen molar-refractivity contribution in [2.45, 2.75) is 52.4 Å². The number of rotatable bonds is 8. The maximum absolute atomic E-state index is 6.85. The van der Waals surface area contributed by atoms with Crippen LogP contribution in [0, 0.1) is 0 Å². The van der Waals surface area contributed by atoms with Crippen molar-refractivity contribution in [3.63, 3.8) is 0 Å². The van der Waals surface area contributed by atoms with Crippen LogP contribution in [0.25, 0.3) is 42.1 Å². The molecule has 0 bridgehead atoms. The molecular formula is C74H59BN4OS. The Hall–Kier alpha value is -9.30. The number of benzene rings is 11. The van der Waals surface area contributed by atoms with Gasteiger partial charge in [-0.15, -0.1) is 11.3 Å². The standard InChI is InChI=1S/C74H59BN4OS/c1-73(2,3)48-36-40-53(41-37-48)78-60-31-21-32-61-69(60)75(59-45-44-55(46-63(59)78)77(52-26-14-9-15-27-52)62-33-20-30-57-56-28-16-18-34-66(56)80-71(57)62)70-65(79(61)54-42-38-49(39-43-54)74(4,5)6)47-64(68-58-29-17-19-35-67(58)81-72(68)70)76(50-22-10-7-11-23-50)51-24-12-8-13-25-51/h7-47H,1-6H3. The molecule has 15 rings (SSSR count). The Morgan fingerprint density at radius 1 is 0.395 bits per heavy atom. The Kier molecular flexibility index (Phi) is 11.2. The smallest absolute Gasteiger partial charge is 0.254 e. The number of nitrogens with zero attached hydrogens (tertiary/aromatic N) is 4. The van der Waals surface area contributed by atoms with Crippen LogP contribution in [0.1, 0.15) is 52.7 Å². The van der Waals surface area contributed by atoms with Crippen molar-refractivity contribution < 1.29 is 4.42 Å². The highest BCUT2D eigenvalue weighted by Gasteiger charge is 2.46. The molecule has 0 saturated heterocycles. The summed E-state index contributed by atoms with van der Waals surface area (Å²) in [5, 5.41) is 4.69. The molecule has 0 radical (unpaired) electrons. The van der Waals surface area contributed by atoms with E-state index in [1.807, 2.05) is 11.3 Å². The molecule has 2 aromatic heterocycles. The number of furan rings is 1. The topological polar surface area (TPSA) is 26.1 Å². The highest BCUT2D eigenvalue weighted by Crippen LogP contribution is 2.53.